The minimum absolute atomic E-state index is 0.647. The average molecular weight is 341 g/mol. The Balaban J connectivity index is 1.51. The van der Waals surface area contributed by atoms with Crippen molar-refractivity contribution in [1.82, 2.24) is 15.0 Å². The van der Waals surface area contributed by atoms with Crippen LogP contribution < -0.4 is 14.5 Å². The van der Waals surface area contributed by atoms with Crippen molar-refractivity contribution in [3.05, 3.63) is 35.6 Å². The third-order valence-corrected chi connectivity index (χ3v) is 5.47. The van der Waals surface area contributed by atoms with Gasteiger partial charge in [-0.05, 0) is 23.9 Å². The second kappa shape index (κ2) is 6.24. The van der Waals surface area contributed by atoms with Crippen molar-refractivity contribution in [2.75, 3.05) is 43.1 Å². The van der Waals surface area contributed by atoms with Gasteiger partial charge in [0.05, 0.1) is 29.2 Å². The van der Waals surface area contributed by atoms with Crippen LogP contribution in [0.4, 0.5) is 11.5 Å². The summed E-state index contributed by atoms with van der Waals surface area (Å²) in [6, 6.07) is 3.97. The normalized spacial score (nSPS) is 15.1. The first-order valence-corrected chi connectivity index (χ1v) is 8.83. The predicted octanol–water partition coefficient (Wildman–Crippen LogP) is 2.73. The molecule has 1 aliphatic heterocycles. The maximum Gasteiger partial charge on any atom is 0.213 e. The highest BCUT2D eigenvalue weighted by Crippen LogP contribution is 2.31. The highest BCUT2D eigenvalue weighted by atomic mass is 32.1. The molecule has 0 saturated carbocycles. The van der Waals surface area contributed by atoms with Crippen LogP contribution in [-0.2, 0) is 0 Å². The van der Waals surface area contributed by atoms with Gasteiger partial charge in [0, 0.05) is 32.2 Å². The van der Waals surface area contributed by atoms with Crippen molar-refractivity contribution in [3.63, 3.8) is 0 Å². The Bertz CT molecular complexity index is 840. The van der Waals surface area contributed by atoms with E-state index in [4.69, 9.17) is 4.74 Å². The number of aromatic nitrogens is 3. The average Bonchev–Trinajstić information content (AvgIpc) is 3.03. The minimum atomic E-state index is 0.647. The standard InChI is InChI=1S/C17H19N5OS/c1-12-10-24-16-15(12)19-11-20-17(16)22-7-5-21(6-8-22)13-3-4-14(23-2)18-9-13/h3-4,9-11H,5-8H2,1-2H3. The number of anilines is 2. The topological polar surface area (TPSA) is 54.4 Å². The summed E-state index contributed by atoms with van der Waals surface area (Å²) in [6.45, 7) is 5.88. The molecule has 0 spiro atoms. The molecule has 4 rings (SSSR count). The zero-order chi connectivity index (χ0) is 16.5. The number of piperazine rings is 1. The molecule has 0 atom stereocenters. The van der Waals surface area contributed by atoms with Gasteiger partial charge in [0.1, 0.15) is 12.1 Å². The van der Waals surface area contributed by atoms with Gasteiger partial charge in [-0.25, -0.2) is 15.0 Å². The van der Waals surface area contributed by atoms with Gasteiger partial charge in [0.25, 0.3) is 0 Å². The van der Waals surface area contributed by atoms with Crippen LogP contribution in [0.25, 0.3) is 10.2 Å². The summed E-state index contributed by atoms with van der Waals surface area (Å²) in [5, 5.41) is 2.15. The van der Waals surface area contributed by atoms with Crippen LogP contribution in [0.15, 0.2) is 30.0 Å². The zero-order valence-corrected chi connectivity index (χ0v) is 14.6. The molecule has 1 saturated heterocycles. The molecule has 124 valence electrons. The summed E-state index contributed by atoms with van der Waals surface area (Å²) < 4.78 is 6.31. The van der Waals surface area contributed by atoms with Crippen LogP contribution in [0.3, 0.4) is 0 Å². The molecule has 0 aromatic carbocycles. The molecule has 0 aliphatic carbocycles. The lowest BCUT2D eigenvalue weighted by atomic mass is 10.2. The number of aryl methyl sites for hydroxylation is 1. The molecule has 3 aromatic rings. The van der Waals surface area contributed by atoms with E-state index >= 15 is 0 Å². The first-order chi connectivity index (χ1) is 11.8. The van der Waals surface area contributed by atoms with Gasteiger partial charge in [-0.15, -0.1) is 11.3 Å². The number of nitrogens with zero attached hydrogens (tertiary/aromatic N) is 5. The molecule has 1 fully saturated rings. The monoisotopic (exact) mass is 341 g/mol. The van der Waals surface area contributed by atoms with Gasteiger partial charge in [-0.3, -0.25) is 0 Å². The van der Waals surface area contributed by atoms with E-state index in [9.17, 15) is 0 Å². The SMILES string of the molecule is COc1ccc(N2CCN(c3ncnc4c(C)csc34)CC2)cn1. The Morgan fingerprint density at radius 2 is 1.83 bits per heavy atom. The summed E-state index contributed by atoms with van der Waals surface area (Å²) in [6.07, 6.45) is 3.55. The van der Waals surface area contributed by atoms with Gasteiger partial charge in [-0.2, -0.15) is 0 Å². The number of ether oxygens (including phenoxy) is 1. The predicted molar refractivity (Wildman–Crippen MR) is 97.4 cm³/mol. The second-order valence-electron chi connectivity index (χ2n) is 5.83. The number of thiophene rings is 1. The fraction of sp³-hybridized carbons (Fsp3) is 0.353. The molecule has 0 amide bonds. The summed E-state index contributed by atoms with van der Waals surface area (Å²) >= 11 is 1.73. The number of hydrogen-bond donors (Lipinski definition) is 0. The molecule has 1 aliphatic rings. The van der Waals surface area contributed by atoms with Crippen molar-refractivity contribution >= 4 is 33.1 Å². The molecule has 0 radical (unpaired) electrons. The lowest BCUT2D eigenvalue weighted by Gasteiger charge is -2.36. The maximum atomic E-state index is 5.12. The summed E-state index contributed by atoms with van der Waals surface area (Å²) in [7, 11) is 1.63. The Morgan fingerprint density at radius 3 is 2.54 bits per heavy atom. The van der Waals surface area contributed by atoms with E-state index in [0.717, 1.165) is 43.2 Å². The Morgan fingerprint density at radius 1 is 1.04 bits per heavy atom. The maximum absolute atomic E-state index is 5.12. The summed E-state index contributed by atoms with van der Waals surface area (Å²) in [5.41, 5.74) is 3.43. The van der Waals surface area contributed by atoms with E-state index in [1.54, 1.807) is 24.8 Å². The number of methoxy groups -OCH3 is 1. The smallest absolute Gasteiger partial charge is 0.213 e. The molecule has 0 unspecified atom stereocenters. The third-order valence-electron chi connectivity index (χ3n) is 4.39. The largest absolute Gasteiger partial charge is 0.481 e. The van der Waals surface area contributed by atoms with E-state index in [1.807, 2.05) is 12.3 Å². The van der Waals surface area contributed by atoms with Crippen LogP contribution in [0.1, 0.15) is 5.56 Å². The van der Waals surface area contributed by atoms with Crippen molar-refractivity contribution in [1.29, 1.82) is 0 Å². The molecule has 0 N–H and O–H groups in total. The van der Waals surface area contributed by atoms with Gasteiger partial charge < -0.3 is 14.5 Å². The van der Waals surface area contributed by atoms with Gasteiger partial charge >= 0.3 is 0 Å². The molecule has 7 heteroatoms. The Kier molecular flexibility index (Phi) is 3.93. The van der Waals surface area contributed by atoms with E-state index in [2.05, 4.69) is 43.1 Å². The van der Waals surface area contributed by atoms with E-state index in [-0.39, 0.29) is 0 Å². The molecule has 4 heterocycles. The van der Waals surface area contributed by atoms with Crippen LogP contribution >= 0.6 is 11.3 Å². The molecule has 0 bridgehead atoms. The zero-order valence-electron chi connectivity index (χ0n) is 13.8. The Labute approximate surface area is 144 Å². The van der Waals surface area contributed by atoms with Crippen molar-refractivity contribution in [2.45, 2.75) is 6.92 Å². The molecule has 24 heavy (non-hydrogen) atoms. The molecule has 6 nitrogen and oxygen atoms in total. The van der Waals surface area contributed by atoms with Crippen LogP contribution in [0, 0.1) is 6.92 Å². The number of hydrogen-bond acceptors (Lipinski definition) is 7. The van der Waals surface area contributed by atoms with Crippen molar-refractivity contribution < 1.29 is 4.74 Å². The number of rotatable bonds is 3. The summed E-state index contributed by atoms with van der Waals surface area (Å²) in [5.74, 6) is 1.71. The lowest BCUT2D eigenvalue weighted by Crippen LogP contribution is -2.46. The highest BCUT2D eigenvalue weighted by molar-refractivity contribution is 7.18. The number of pyridine rings is 1. The fourth-order valence-corrected chi connectivity index (χ4v) is 4.06. The summed E-state index contributed by atoms with van der Waals surface area (Å²) in [4.78, 5) is 18.0. The van der Waals surface area contributed by atoms with Gasteiger partial charge in [-0.1, -0.05) is 0 Å². The first-order valence-electron chi connectivity index (χ1n) is 7.95. The molecule has 3 aromatic heterocycles. The highest BCUT2D eigenvalue weighted by Gasteiger charge is 2.21. The van der Waals surface area contributed by atoms with Crippen molar-refractivity contribution in [3.8, 4) is 5.88 Å². The second-order valence-corrected chi connectivity index (χ2v) is 6.71. The number of fused-ring (bicyclic) bond motifs is 1. The third kappa shape index (κ3) is 2.65. The van der Waals surface area contributed by atoms with Crippen molar-refractivity contribution in [2.24, 2.45) is 0 Å². The van der Waals surface area contributed by atoms with Crippen LogP contribution in [-0.4, -0.2) is 48.2 Å². The minimum Gasteiger partial charge on any atom is -0.481 e. The van der Waals surface area contributed by atoms with E-state index in [0.29, 0.717) is 5.88 Å². The van der Waals surface area contributed by atoms with Gasteiger partial charge in [0.15, 0.2) is 0 Å². The fourth-order valence-electron chi connectivity index (χ4n) is 3.04. The lowest BCUT2D eigenvalue weighted by molar-refractivity contribution is 0.398. The van der Waals surface area contributed by atoms with E-state index < -0.39 is 0 Å². The molecular formula is C17H19N5OS. The van der Waals surface area contributed by atoms with Crippen LogP contribution in [0.2, 0.25) is 0 Å². The van der Waals surface area contributed by atoms with E-state index in [1.165, 1.54) is 10.3 Å². The quantitative estimate of drug-likeness (QED) is 0.730. The Hall–Kier alpha value is -2.41. The first kappa shape index (κ1) is 15.1. The van der Waals surface area contributed by atoms with Crippen LogP contribution in [0.5, 0.6) is 5.88 Å². The molecular weight excluding hydrogens is 322 g/mol. The van der Waals surface area contributed by atoms with Gasteiger partial charge in [0.2, 0.25) is 5.88 Å².